The van der Waals surface area contributed by atoms with E-state index in [2.05, 4.69) is 0 Å². The number of nitrogen functional groups attached to an aromatic ring is 1. The minimum absolute atomic E-state index is 0.743. The second-order valence-electron chi connectivity index (χ2n) is 2.68. The molecule has 0 aliphatic heterocycles. The number of hydrogen-bond donors (Lipinski definition) is 2. The van der Waals surface area contributed by atoms with Crippen molar-refractivity contribution in [1.29, 1.82) is 0 Å². The molecule has 0 atom stereocenters. The Balaban J connectivity index is 2.85. The van der Waals surface area contributed by atoms with Crippen molar-refractivity contribution in [1.82, 2.24) is 0 Å². The molecule has 1 aromatic carbocycles. The summed E-state index contributed by atoms with van der Waals surface area (Å²) in [5.74, 6) is 0. The maximum atomic E-state index is 8.64. The van der Waals surface area contributed by atoms with Crippen LogP contribution in [0.1, 0.15) is 6.92 Å². The van der Waals surface area contributed by atoms with Gasteiger partial charge in [0.05, 0.1) is 6.26 Å². The highest BCUT2D eigenvalue weighted by Gasteiger charge is 1.98. The van der Waals surface area contributed by atoms with Crippen molar-refractivity contribution >= 4 is 11.4 Å². The van der Waals surface area contributed by atoms with E-state index in [1.54, 1.807) is 6.20 Å². The van der Waals surface area contributed by atoms with Crippen molar-refractivity contribution in [2.45, 2.75) is 6.92 Å². The van der Waals surface area contributed by atoms with E-state index < -0.39 is 0 Å². The van der Waals surface area contributed by atoms with E-state index in [0.29, 0.717) is 0 Å². The van der Waals surface area contributed by atoms with E-state index in [1.807, 2.05) is 36.1 Å². The Morgan fingerprint density at radius 2 is 2.00 bits per heavy atom. The number of rotatable bonds is 3. The Hall–Kier alpha value is -1.64. The molecule has 0 unspecified atom stereocenters. The van der Waals surface area contributed by atoms with Gasteiger partial charge in [-0.2, -0.15) is 0 Å². The summed E-state index contributed by atoms with van der Waals surface area (Å²) in [4.78, 5) is 1.92. The maximum absolute atomic E-state index is 8.64. The Labute approximate surface area is 78.1 Å². The van der Waals surface area contributed by atoms with E-state index in [1.165, 1.54) is 0 Å². The first kappa shape index (κ1) is 9.45. The molecule has 0 amide bonds. The molecule has 0 heterocycles. The largest absolute Gasteiger partial charge is 0.514 e. The third-order valence-electron chi connectivity index (χ3n) is 1.81. The van der Waals surface area contributed by atoms with Gasteiger partial charge in [0.2, 0.25) is 0 Å². The Kier molecular flexibility index (Phi) is 3.20. The summed E-state index contributed by atoms with van der Waals surface area (Å²) in [5, 5.41) is 8.64. The summed E-state index contributed by atoms with van der Waals surface area (Å²) < 4.78 is 0. The smallest absolute Gasteiger partial charge is 0.0953 e. The second-order valence-corrected chi connectivity index (χ2v) is 2.68. The zero-order valence-electron chi connectivity index (χ0n) is 7.64. The van der Waals surface area contributed by atoms with Crippen LogP contribution in [0, 0.1) is 0 Å². The summed E-state index contributed by atoms with van der Waals surface area (Å²) in [6.07, 6.45) is 2.64. The fraction of sp³-hybridized carbons (Fsp3) is 0.200. The van der Waals surface area contributed by atoms with E-state index >= 15 is 0 Å². The molecule has 0 fully saturated rings. The Morgan fingerprint density at radius 3 is 2.46 bits per heavy atom. The predicted octanol–water partition coefficient (Wildman–Crippen LogP) is 2.12. The number of aliphatic hydroxyl groups is 1. The van der Waals surface area contributed by atoms with Gasteiger partial charge in [-0.3, -0.25) is 0 Å². The number of anilines is 2. The van der Waals surface area contributed by atoms with E-state index in [9.17, 15) is 0 Å². The van der Waals surface area contributed by atoms with Gasteiger partial charge in [0.15, 0.2) is 0 Å². The molecule has 1 rings (SSSR count). The van der Waals surface area contributed by atoms with Crippen molar-refractivity contribution < 1.29 is 5.11 Å². The summed E-state index contributed by atoms with van der Waals surface area (Å²) in [6, 6.07) is 7.50. The van der Waals surface area contributed by atoms with Gasteiger partial charge in [0.25, 0.3) is 0 Å². The highest BCUT2D eigenvalue weighted by molar-refractivity contribution is 5.54. The Morgan fingerprint density at radius 1 is 1.38 bits per heavy atom. The van der Waals surface area contributed by atoms with Gasteiger partial charge >= 0.3 is 0 Å². The van der Waals surface area contributed by atoms with Gasteiger partial charge in [-0.1, -0.05) is 0 Å². The van der Waals surface area contributed by atoms with Gasteiger partial charge in [0, 0.05) is 24.1 Å². The second kappa shape index (κ2) is 4.40. The summed E-state index contributed by atoms with van der Waals surface area (Å²) in [5.41, 5.74) is 7.32. The number of benzene rings is 1. The first-order chi connectivity index (χ1) is 6.27. The van der Waals surface area contributed by atoms with Crippen LogP contribution in [-0.4, -0.2) is 11.7 Å². The van der Waals surface area contributed by atoms with Gasteiger partial charge in [-0.05, 0) is 31.2 Å². The first-order valence-electron chi connectivity index (χ1n) is 4.21. The summed E-state index contributed by atoms with van der Waals surface area (Å²) >= 11 is 0. The molecule has 0 spiro atoms. The van der Waals surface area contributed by atoms with Crippen molar-refractivity contribution in [3.63, 3.8) is 0 Å². The lowest BCUT2D eigenvalue weighted by Gasteiger charge is -2.17. The van der Waals surface area contributed by atoms with Crippen LogP contribution in [0.4, 0.5) is 11.4 Å². The number of nitrogens with two attached hydrogens (primary N) is 1. The molecular formula is C10H14N2O. The predicted molar refractivity (Wildman–Crippen MR) is 55.6 cm³/mol. The highest BCUT2D eigenvalue weighted by atomic mass is 16.2. The SMILES string of the molecule is CCN(/C=C/O)c1ccc(N)cc1. The lowest BCUT2D eigenvalue weighted by Crippen LogP contribution is -2.14. The van der Waals surface area contributed by atoms with Gasteiger partial charge in [-0.15, -0.1) is 0 Å². The molecule has 3 nitrogen and oxygen atoms in total. The molecular weight excluding hydrogens is 164 g/mol. The average Bonchev–Trinajstić information content (AvgIpc) is 2.16. The third kappa shape index (κ3) is 2.40. The molecule has 0 aromatic heterocycles. The molecule has 13 heavy (non-hydrogen) atoms. The fourth-order valence-corrected chi connectivity index (χ4v) is 1.12. The van der Waals surface area contributed by atoms with Crippen LogP contribution in [0.2, 0.25) is 0 Å². The van der Waals surface area contributed by atoms with Crippen molar-refractivity contribution in [3.05, 3.63) is 36.7 Å². The molecule has 0 aliphatic rings. The van der Waals surface area contributed by atoms with E-state index in [4.69, 9.17) is 10.8 Å². The Bertz CT molecular complexity index is 279. The lowest BCUT2D eigenvalue weighted by molar-refractivity contribution is 0.471. The van der Waals surface area contributed by atoms with E-state index in [0.717, 1.165) is 24.2 Å². The van der Waals surface area contributed by atoms with Crippen molar-refractivity contribution in [2.24, 2.45) is 0 Å². The van der Waals surface area contributed by atoms with Crippen LogP contribution in [0.25, 0.3) is 0 Å². The molecule has 3 N–H and O–H groups in total. The van der Waals surface area contributed by atoms with Crippen molar-refractivity contribution in [2.75, 3.05) is 17.2 Å². The highest BCUT2D eigenvalue weighted by Crippen LogP contribution is 2.15. The molecule has 1 aromatic rings. The van der Waals surface area contributed by atoms with Gasteiger partial charge in [0.1, 0.15) is 0 Å². The number of nitrogens with zero attached hydrogens (tertiary/aromatic N) is 1. The lowest BCUT2D eigenvalue weighted by atomic mass is 10.2. The zero-order chi connectivity index (χ0) is 9.68. The fourth-order valence-electron chi connectivity index (χ4n) is 1.12. The molecule has 0 bridgehead atoms. The number of hydrogen-bond acceptors (Lipinski definition) is 3. The summed E-state index contributed by atoms with van der Waals surface area (Å²) in [7, 11) is 0. The van der Waals surface area contributed by atoms with E-state index in [-0.39, 0.29) is 0 Å². The average molecular weight is 178 g/mol. The topological polar surface area (TPSA) is 49.5 Å². The van der Waals surface area contributed by atoms with Gasteiger partial charge < -0.3 is 15.7 Å². The molecule has 0 saturated carbocycles. The third-order valence-corrected chi connectivity index (χ3v) is 1.81. The van der Waals surface area contributed by atoms with Crippen LogP contribution in [0.5, 0.6) is 0 Å². The standard InChI is InChI=1S/C10H14N2O/c1-2-12(7-8-13)10-5-3-9(11)4-6-10/h3-8,13H,2,11H2,1H3/b8-7+. The van der Waals surface area contributed by atoms with Crippen LogP contribution < -0.4 is 10.6 Å². The summed E-state index contributed by atoms with van der Waals surface area (Å²) in [6.45, 7) is 2.82. The van der Waals surface area contributed by atoms with Crippen LogP contribution in [-0.2, 0) is 0 Å². The monoisotopic (exact) mass is 178 g/mol. The molecule has 0 aliphatic carbocycles. The van der Waals surface area contributed by atoms with Crippen LogP contribution in [0.15, 0.2) is 36.7 Å². The maximum Gasteiger partial charge on any atom is 0.0953 e. The van der Waals surface area contributed by atoms with Crippen molar-refractivity contribution in [3.8, 4) is 0 Å². The molecule has 3 heteroatoms. The molecule has 0 radical (unpaired) electrons. The zero-order valence-corrected chi connectivity index (χ0v) is 7.64. The van der Waals surface area contributed by atoms with Crippen LogP contribution in [0.3, 0.4) is 0 Å². The van der Waals surface area contributed by atoms with Gasteiger partial charge in [-0.25, -0.2) is 0 Å². The number of aliphatic hydroxyl groups excluding tert-OH is 1. The minimum Gasteiger partial charge on any atom is -0.514 e. The molecule has 0 saturated heterocycles. The van der Waals surface area contributed by atoms with Crippen LogP contribution >= 0.6 is 0 Å². The normalized spacial score (nSPS) is 10.5. The molecule has 70 valence electrons. The minimum atomic E-state index is 0.743. The quantitative estimate of drug-likeness (QED) is 0.550. The first-order valence-corrected chi connectivity index (χ1v) is 4.21.